The number of esters is 3. The third-order valence-corrected chi connectivity index (χ3v) is 2.97. The summed E-state index contributed by atoms with van der Waals surface area (Å²) in [5, 5.41) is 9.79. The SMILES string of the molecule is CCOC(=O)CC(=CC=CC=C/C(C(=O)OCC)=C(\O)OCC)C(=O)OCC. The minimum atomic E-state index is -0.733. The van der Waals surface area contributed by atoms with E-state index in [9.17, 15) is 19.5 Å². The number of hydrogen-bond acceptors (Lipinski definition) is 8. The fraction of sp³-hybridized carbons (Fsp3) is 0.450. The highest BCUT2D eigenvalue weighted by atomic mass is 16.6. The molecule has 8 nitrogen and oxygen atoms in total. The second-order valence-electron chi connectivity index (χ2n) is 5.01. The van der Waals surface area contributed by atoms with Crippen LogP contribution in [0.25, 0.3) is 0 Å². The largest absolute Gasteiger partial charge is 0.480 e. The lowest BCUT2D eigenvalue weighted by Crippen LogP contribution is -2.13. The number of aliphatic hydroxyl groups is 1. The molecule has 0 aromatic rings. The summed E-state index contributed by atoms with van der Waals surface area (Å²) in [5.74, 6) is -2.44. The quantitative estimate of drug-likeness (QED) is 0.176. The van der Waals surface area contributed by atoms with Crippen LogP contribution in [-0.2, 0) is 33.3 Å². The van der Waals surface area contributed by atoms with E-state index in [4.69, 9.17) is 18.9 Å². The molecule has 0 heterocycles. The molecule has 0 saturated carbocycles. The molecule has 0 aromatic carbocycles. The molecule has 156 valence electrons. The van der Waals surface area contributed by atoms with E-state index in [2.05, 4.69) is 0 Å². The summed E-state index contributed by atoms with van der Waals surface area (Å²) in [6, 6.07) is 0. The molecule has 0 atom stereocenters. The summed E-state index contributed by atoms with van der Waals surface area (Å²) in [5.41, 5.74) is -0.0160. The Kier molecular flexibility index (Phi) is 13.4. The molecule has 0 aliphatic rings. The average molecular weight is 396 g/mol. The molecule has 0 spiro atoms. The predicted molar refractivity (Wildman–Crippen MR) is 102 cm³/mol. The normalized spacial score (nSPS) is 12.6. The molecule has 1 N–H and O–H groups in total. The van der Waals surface area contributed by atoms with Gasteiger partial charge in [-0.15, -0.1) is 0 Å². The van der Waals surface area contributed by atoms with E-state index in [1.807, 2.05) is 0 Å². The average Bonchev–Trinajstić information content (AvgIpc) is 2.64. The molecule has 0 aliphatic heterocycles. The van der Waals surface area contributed by atoms with E-state index in [1.54, 1.807) is 27.7 Å². The number of rotatable bonds is 12. The van der Waals surface area contributed by atoms with Gasteiger partial charge in [0.05, 0.1) is 32.8 Å². The maximum absolute atomic E-state index is 11.9. The summed E-state index contributed by atoms with van der Waals surface area (Å²) in [7, 11) is 0. The van der Waals surface area contributed by atoms with Gasteiger partial charge in [0, 0.05) is 5.57 Å². The van der Waals surface area contributed by atoms with Crippen molar-refractivity contribution < 1.29 is 38.4 Å². The van der Waals surface area contributed by atoms with E-state index in [-0.39, 0.29) is 44.0 Å². The number of hydrogen-bond donors (Lipinski definition) is 1. The molecular formula is C20H28O8. The first-order chi connectivity index (χ1) is 13.4. The molecular weight excluding hydrogens is 368 g/mol. The van der Waals surface area contributed by atoms with E-state index < -0.39 is 23.9 Å². The van der Waals surface area contributed by atoms with Crippen LogP contribution in [0.5, 0.6) is 0 Å². The molecule has 0 amide bonds. The Morgan fingerprint density at radius 1 is 0.750 bits per heavy atom. The third-order valence-electron chi connectivity index (χ3n) is 2.97. The molecule has 0 saturated heterocycles. The Balaban J connectivity index is 5.33. The van der Waals surface area contributed by atoms with E-state index in [0.29, 0.717) is 0 Å². The molecule has 0 aromatic heterocycles. The van der Waals surface area contributed by atoms with Gasteiger partial charge in [-0.05, 0) is 33.8 Å². The minimum Gasteiger partial charge on any atom is -0.480 e. The highest BCUT2D eigenvalue weighted by Gasteiger charge is 2.16. The lowest BCUT2D eigenvalue weighted by molar-refractivity contribution is -0.145. The van der Waals surface area contributed by atoms with Crippen molar-refractivity contribution in [1.82, 2.24) is 0 Å². The van der Waals surface area contributed by atoms with Crippen LogP contribution in [0.2, 0.25) is 0 Å². The first-order valence-electron chi connectivity index (χ1n) is 9.00. The van der Waals surface area contributed by atoms with Crippen LogP contribution in [0.15, 0.2) is 47.5 Å². The van der Waals surface area contributed by atoms with Gasteiger partial charge in [-0.2, -0.15) is 0 Å². The van der Waals surface area contributed by atoms with Crippen molar-refractivity contribution in [2.24, 2.45) is 0 Å². The van der Waals surface area contributed by atoms with Gasteiger partial charge in [-0.25, -0.2) is 9.59 Å². The molecule has 28 heavy (non-hydrogen) atoms. The number of ether oxygens (including phenoxy) is 4. The molecule has 0 unspecified atom stereocenters. The summed E-state index contributed by atoms with van der Waals surface area (Å²) < 4.78 is 19.5. The Hall–Kier alpha value is -3.03. The van der Waals surface area contributed by atoms with Crippen molar-refractivity contribution in [3.8, 4) is 0 Å². The van der Waals surface area contributed by atoms with Crippen LogP contribution in [0.1, 0.15) is 34.1 Å². The predicted octanol–water partition coefficient (Wildman–Crippen LogP) is 2.91. The lowest BCUT2D eigenvalue weighted by Gasteiger charge is -2.06. The Bertz CT molecular complexity index is 641. The zero-order valence-corrected chi connectivity index (χ0v) is 16.7. The molecule has 8 heteroatoms. The Labute approximate surface area is 165 Å². The van der Waals surface area contributed by atoms with Crippen LogP contribution in [0.3, 0.4) is 0 Å². The number of allylic oxidation sites excluding steroid dienone is 4. The van der Waals surface area contributed by atoms with Gasteiger partial charge < -0.3 is 24.1 Å². The fourth-order valence-corrected chi connectivity index (χ4v) is 1.83. The zero-order valence-electron chi connectivity index (χ0n) is 16.7. The third kappa shape index (κ3) is 10.2. The van der Waals surface area contributed by atoms with E-state index in [1.165, 1.54) is 30.4 Å². The molecule has 0 rings (SSSR count). The number of aliphatic hydroxyl groups excluding tert-OH is 1. The van der Waals surface area contributed by atoms with Gasteiger partial charge in [-0.3, -0.25) is 4.79 Å². The summed E-state index contributed by atoms with van der Waals surface area (Å²) in [6.45, 7) is 7.33. The van der Waals surface area contributed by atoms with Crippen molar-refractivity contribution in [3.63, 3.8) is 0 Å². The van der Waals surface area contributed by atoms with Crippen LogP contribution < -0.4 is 0 Å². The highest BCUT2D eigenvalue weighted by Crippen LogP contribution is 2.09. The molecule has 0 aliphatic carbocycles. The van der Waals surface area contributed by atoms with Crippen LogP contribution in [-0.4, -0.2) is 49.4 Å². The second kappa shape index (κ2) is 15.1. The van der Waals surface area contributed by atoms with Gasteiger partial charge in [0.15, 0.2) is 0 Å². The van der Waals surface area contributed by atoms with Crippen LogP contribution in [0.4, 0.5) is 0 Å². The molecule has 0 fully saturated rings. The highest BCUT2D eigenvalue weighted by molar-refractivity contribution is 5.94. The Morgan fingerprint density at radius 2 is 1.32 bits per heavy atom. The van der Waals surface area contributed by atoms with E-state index >= 15 is 0 Å². The maximum Gasteiger partial charge on any atom is 0.345 e. The van der Waals surface area contributed by atoms with Gasteiger partial charge >= 0.3 is 17.9 Å². The monoisotopic (exact) mass is 396 g/mol. The van der Waals surface area contributed by atoms with Crippen molar-refractivity contribution in [2.45, 2.75) is 34.1 Å². The van der Waals surface area contributed by atoms with Crippen LogP contribution in [0, 0.1) is 0 Å². The van der Waals surface area contributed by atoms with Gasteiger partial charge in [0.2, 0.25) is 0 Å². The Morgan fingerprint density at radius 3 is 1.89 bits per heavy atom. The maximum atomic E-state index is 11.9. The van der Waals surface area contributed by atoms with Crippen molar-refractivity contribution in [2.75, 3.05) is 26.4 Å². The zero-order chi connectivity index (χ0) is 21.4. The smallest absolute Gasteiger partial charge is 0.345 e. The fourth-order valence-electron chi connectivity index (χ4n) is 1.83. The molecule has 0 radical (unpaired) electrons. The van der Waals surface area contributed by atoms with Crippen LogP contribution >= 0.6 is 0 Å². The van der Waals surface area contributed by atoms with Gasteiger partial charge in [0.1, 0.15) is 5.57 Å². The number of carbonyl (C=O) groups is 3. The number of carbonyl (C=O) groups excluding carboxylic acids is 3. The first kappa shape index (κ1) is 25.0. The van der Waals surface area contributed by atoms with E-state index in [0.717, 1.165) is 0 Å². The topological polar surface area (TPSA) is 108 Å². The van der Waals surface area contributed by atoms with Crippen molar-refractivity contribution in [1.29, 1.82) is 0 Å². The van der Waals surface area contributed by atoms with Gasteiger partial charge in [-0.1, -0.05) is 24.3 Å². The lowest BCUT2D eigenvalue weighted by atomic mass is 10.1. The standard InChI is InChI=1S/C20H28O8/c1-5-25-17(21)14-15(18(22)26-6-2)12-10-9-11-13-16(19(23)27-7-3)20(24)28-8-4/h9-13,23H,5-8,14H2,1-4H3/b10-9?,13-11?,15-12?,19-16-. The minimum absolute atomic E-state index is 0.128. The first-order valence-corrected chi connectivity index (χ1v) is 9.00. The van der Waals surface area contributed by atoms with Crippen molar-refractivity contribution in [3.05, 3.63) is 47.5 Å². The second-order valence-corrected chi connectivity index (χ2v) is 5.01. The molecule has 0 bridgehead atoms. The summed E-state index contributed by atoms with van der Waals surface area (Å²) in [4.78, 5) is 35.4. The van der Waals surface area contributed by atoms with Gasteiger partial charge in [0.25, 0.3) is 5.95 Å². The summed E-state index contributed by atoms with van der Waals surface area (Å²) >= 11 is 0. The summed E-state index contributed by atoms with van der Waals surface area (Å²) in [6.07, 6.45) is 6.94. The van der Waals surface area contributed by atoms with Crippen molar-refractivity contribution >= 4 is 17.9 Å².